The number of phenols is 1. The molecule has 172 valence electrons. The van der Waals surface area contributed by atoms with E-state index in [0.29, 0.717) is 35.5 Å². The van der Waals surface area contributed by atoms with Crippen LogP contribution >= 0.6 is 0 Å². The molecule has 1 unspecified atom stereocenters. The van der Waals surface area contributed by atoms with Gasteiger partial charge in [-0.05, 0) is 33.6 Å². The zero-order chi connectivity index (χ0) is 23.3. The molecule has 0 bridgehead atoms. The fourth-order valence-corrected chi connectivity index (χ4v) is 4.16. The van der Waals surface area contributed by atoms with Crippen molar-refractivity contribution in [3.63, 3.8) is 0 Å². The Kier molecular flexibility index (Phi) is 8.54. The maximum atomic E-state index is 13.2. The number of allylic oxidation sites excluding steroid dienone is 2. The maximum absolute atomic E-state index is 13.2. The van der Waals surface area contributed by atoms with E-state index in [2.05, 4.69) is 6.92 Å². The summed E-state index contributed by atoms with van der Waals surface area (Å²) in [6, 6.07) is 0. The van der Waals surface area contributed by atoms with E-state index in [9.17, 15) is 19.8 Å². The summed E-state index contributed by atoms with van der Waals surface area (Å²) in [7, 11) is 1.51. The molecule has 2 N–H and O–H groups in total. The van der Waals surface area contributed by atoms with Gasteiger partial charge in [0.1, 0.15) is 28.9 Å². The third-order valence-electron chi connectivity index (χ3n) is 6.08. The molecule has 1 aliphatic rings. The van der Waals surface area contributed by atoms with E-state index in [4.69, 9.17) is 9.47 Å². The molecule has 2 rings (SSSR count). The molecule has 1 aromatic rings. The van der Waals surface area contributed by atoms with Gasteiger partial charge in [-0.25, -0.2) is 0 Å². The van der Waals surface area contributed by atoms with Crippen LogP contribution < -0.4 is 9.47 Å². The zero-order valence-corrected chi connectivity index (χ0v) is 19.6. The molecule has 0 saturated heterocycles. The normalized spacial score (nSPS) is 18.7. The lowest BCUT2D eigenvalue weighted by Gasteiger charge is -2.33. The first-order valence-electron chi connectivity index (χ1n) is 11.2. The Morgan fingerprint density at radius 2 is 1.94 bits per heavy atom. The van der Waals surface area contributed by atoms with Crippen molar-refractivity contribution in [3.05, 3.63) is 28.3 Å². The topological polar surface area (TPSA) is 93.1 Å². The predicted molar refractivity (Wildman–Crippen MR) is 121 cm³/mol. The summed E-state index contributed by atoms with van der Waals surface area (Å²) in [4.78, 5) is 24.8. The lowest BCUT2D eigenvalue weighted by Crippen LogP contribution is -2.34. The highest BCUT2D eigenvalue weighted by atomic mass is 16.5. The summed E-state index contributed by atoms with van der Waals surface area (Å²) in [6.07, 6.45) is 5.38. The number of carbonyl (C=O) groups is 2. The third-order valence-corrected chi connectivity index (χ3v) is 6.08. The molecule has 0 spiro atoms. The average Bonchev–Trinajstić information content (AvgIpc) is 2.69. The number of rotatable bonds is 10. The Morgan fingerprint density at radius 1 is 1.26 bits per heavy atom. The van der Waals surface area contributed by atoms with Crippen LogP contribution in [0.25, 0.3) is 0 Å². The number of fused-ring (bicyclic) bond motifs is 1. The Balaban J connectivity index is 2.79. The van der Waals surface area contributed by atoms with E-state index in [-0.39, 0.29) is 29.6 Å². The number of ketones is 1. The summed E-state index contributed by atoms with van der Waals surface area (Å²) >= 11 is 0. The number of carbonyl (C=O) groups excluding carboxylic acids is 1. The molecule has 1 aliphatic heterocycles. The van der Waals surface area contributed by atoms with Crippen molar-refractivity contribution >= 4 is 11.8 Å². The lowest BCUT2D eigenvalue weighted by atomic mass is 9.81. The molecular formula is C25H36O6. The molecule has 3 atom stereocenters. The van der Waals surface area contributed by atoms with Crippen molar-refractivity contribution in [2.45, 2.75) is 85.2 Å². The van der Waals surface area contributed by atoms with E-state index in [1.54, 1.807) is 6.92 Å². The second-order valence-electron chi connectivity index (χ2n) is 8.73. The summed E-state index contributed by atoms with van der Waals surface area (Å²) in [5.41, 5.74) is 2.35. The summed E-state index contributed by atoms with van der Waals surface area (Å²) < 4.78 is 11.9. The monoisotopic (exact) mass is 432 g/mol. The van der Waals surface area contributed by atoms with Gasteiger partial charge in [0.2, 0.25) is 0 Å². The van der Waals surface area contributed by atoms with Crippen LogP contribution in [-0.2, 0) is 11.2 Å². The molecular weight excluding hydrogens is 396 g/mol. The summed E-state index contributed by atoms with van der Waals surface area (Å²) in [5.74, 6) is -1.42. The van der Waals surface area contributed by atoms with Gasteiger partial charge in [0.25, 0.3) is 0 Å². The van der Waals surface area contributed by atoms with Crippen molar-refractivity contribution in [3.8, 4) is 17.2 Å². The molecule has 6 nitrogen and oxygen atoms in total. The van der Waals surface area contributed by atoms with E-state index in [1.165, 1.54) is 7.11 Å². The Morgan fingerprint density at radius 3 is 2.48 bits per heavy atom. The number of ether oxygens (including phenoxy) is 2. The standard InChI is InChI=1S/C25H36O6/c1-7-8-9-10-17(13-19(26)27)20-23(29)21-22(28)15(4)16(5)31-25(21)18(24(20)30-6)12-11-14(2)3/h11,15-17,29H,7-10,12-13H2,1-6H3,(H,26,27)/t15-,16+,17?/m1/s1. The number of benzene rings is 1. The molecule has 0 aromatic heterocycles. The van der Waals surface area contributed by atoms with Crippen molar-refractivity contribution in [1.29, 1.82) is 0 Å². The van der Waals surface area contributed by atoms with Gasteiger partial charge in [-0.2, -0.15) is 0 Å². The number of phenolic OH excluding ortho intramolecular Hbond substituents is 1. The summed E-state index contributed by atoms with van der Waals surface area (Å²) in [5, 5.41) is 20.8. The smallest absolute Gasteiger partial charge is 0.303 e. The zero-order valence-electron chi connectivity index (χ0n) is 19.6. The van der Waals surface area contributed by atoms with Crippen LogP contribution in [0.15, 0.2) is 11.6 Å². The van der Waals surface area contributed by atoms with Gasteiger partial charge >= 0.3 is 5.97 Å². The fraction of sp³-hybridized carbons (Fsp3) is 0.600. The van der Waals surface area contributed by atoms with Crippen LogP contribution in [0.4, 0.5) is 0 Å². The molecule has 0 amide bonds. The SMILES string of the molecule is CCCCCC(CC(=O)O)c1c(O)c2c(c(CC=C(C)C)c1OC)O[C@@H](C)[C@@H](C)C2=O. The van der Waals surface area contributed by atoms with Crippen LogP contribution in [-0.4, -0.2) is 35.2 Å². The van der Waals surface area contributed by atoms with Crippen LogP contribution in [0, 0.1) is 5.92 Å². The first kappa shape index (κ1) is 24.8. The van der Waals surface area contributed by atoms with E-state index >= 15 is 0 Å². The van der Waals surface area contributed by atoms with Gasteiger partial charge in [-0.1, -0.05) is 44.8 Å². The summed E-state index contributed by atoms with van der Waals surface area (Å²) in [6.45, 7) is 9.67. The highest BCUT2D eigenvalue weighted by Crippen LogP contribution is 2.51. The molecule has 0 saturated carbocycles. The second kappa shape index (κ2) is 10.7. The van der Waals surface area contributed by atoms with Gasteiger partial charge in [-0.15, -0.1) is 0 Å². The molecule has 6 heteroatoms. The molecule has 1 aromatic carbocycles. The van der Waals surface area contributed by atoms with Crippen LogP contribution in [0.5, 0.6) is 17.2 Å². The van der Waals surface area contributed by atoms with E-state index in [0.717, 1.165) is 24.8 Å². The highest BCUT2D eigenvalue weighted by Gasteiger charge is 2.39. The predicted octanol–water partition coefficient (Wildman–Crippen LogP) is 5.65. The molecule has 0 fully saturated rings. The van der Waals surface area contributed by atoms with Gasteiger partial charge < -0.3 is 19.7 Å². The van der Waals surface area contributed by atoms with Gasteiger partial charge in [0.15, 0.2) is 5.78 Å². The minimum Gasteiger partial charge on any atom is -0.507 e. The number of carboxylic acid groups (broad SMARTS) is 1. The maximum Gasteiger partial charge on any atom is 0.303 e. The highest BCUT2D eigenvalue weighted by molar-refractivity contribution is 6.05. The number of aromatic hydroxyl groups is 1. The molecule has 0 aliphatic carbocycles. The number of Topliss-reactive ketones (excluding diaryl/α,β-unsaturated/α-hetero) is 1. The van der Waals surface area contributed by atoms with Crippen molar-refractivity contribution in [2.75, 3.05) is 7.11 Å². The lowest BCUT2D eigenvalue weighted by molar-refractivity contribution is -0.137. The minimum atomic E-state index is -0.948. The second-order valence-corrected chi connectivity index (χ2v) is 8.73. The quantitative estimate of drug-likeness (QED) is 0.367. The number of methoxy groups -OCH3 is 1. The number of hydrogen-bond donors (Lipinski definition) is 2. The van der Waals surface area contributed by atoms with Crippen LogP contribution in [0.1, 0.15) is 94.1 Å². The largest absolute Gasteiger partial charge is 0.507 e. The Labute approximate surface area is 185 Å². The Hall–Kier alpha value is -2.50. The number of hydrogen-bond acceptors (Lipinski definition) is 5. The number of aliphatic carboxylic acids is 1. The fourth-order valence-electron chi connectivity index (χ4n) is 4.16. The van der Waals surface area contributed by atoms with E-state index < -0.39 is 17.8 Å². The first-order valence-corrected chi connectivity index (χ1v) is 11.2. The molecule has 0 radical (unpaired) electrons. The third kappa shape index (κ3) is 5.41. The van der Waals surface area contributed by atoms with Gasteiger partial charge in [0.05, 0.1) is 19.4 Å². The molecule has 1 heterocycles. The average molecular weight is 433 g/mol. The number of carboxylic acids is 1. The van der Waals surface area contributed by atoms with Gasteiger partial charge in [-0.3, -0.25) is 9.59 Å². The van der Waals surface area contributed by atoms with Crippen molar-refractivity contribution in [1.82, 2.24) is 0 Å². The first-order chi connectivity index (χ1) is 14.6. The van der Waals surface area contributed by atoms with Crippen LogP contribution in [0.2, 0.25) is 0 Å². The van der Waals surface area contributed by atoms with Crippen molar-refractivity contribution < 1.29 is 29.3 Å². The molecule has 31 heavy (non-hydrogen) atoms. The van der Waals surface area contributed by atoms with Crippen LogP contribution in [0.3, 0.4) is 0 Å². The van der Waals surface area contributed by atoms with Gasteiger partial charge in [0, 0.05) is 17.0 Å². The van der Waals surface area contributed by atoms with E-state index in [1.807, 2.05) is 26.8 Å². The number of unbranched alkanes of at least 4 members (excludes halogenated alkanes) is 2. The van der Waals surface area contributed by atoms with Crippen molar-refractivity contribution in [2.24, 2.45) is 5.92 Å². The minimum absolute atomic E-state index is 0.143. The Bertz CT molecular complexity index is 850.